The summed E-state index contributed by atoms with van der Waals surface area (Å²) in [7, 11) is 0. The number of hydrogen-bond acceptors (Lipinski definition) is 3. The van der Waals surface area contributed by atoms with Crippen LogP contribution in [0, 0.1) is 0 Å². The van der Waals surface area contributed by atoms with E-state index in [-0.39, 0.29) is 6.54 Å². The fourth-order valence-corrected chi connectivity index (χ4v) is 4.42. The molecule has 2 rings (SSSR count). The molecule has 0 atom stereocenters. The van der Waals surface area contributed by atoms with Gasteiger partial charge in [-0.2, -0.15) is 13.2 Å². The molecule has 1 aliphatic rings. The van der Waals surface area contributed by atoms with Crippen molar-refractivity contribution >= 4 is 44.9 Å². The zero-order valence-electron chi connectivity index (χ0n) is 8.38. The lowest BCUT2D eigenvalue weighted by atomic mass is 10.3. The van der Waals surface area contributed by atoms with Crippen LogP contribution in [0.25, 0.3) is 0 Å². The average Bonchev–Trinajstić information content (AvgIpc) is 2.49. The Hall–Kier alpha value is -0.210. The number of rotatable bonds is 1. The van der Waals surface area contributed by atoms with Crippen LogP contribution < -0.4 is 0 Å². The maximum atomic E-state index is 12.3. The smallest absolute Gasteiger partial charge is 0.328 e. The van der Waals surface area contributed by atoms with Crippen LogP contribution in [0.15, 0.2) is 14.7 Å². The fraction of sp³-hybridized carbons (Fsp3) is 0.444. The van der Waals surface area contributed by atoms with E-state index in [1.54, 1.807) is 6.07 Å². The topological polar surface area (TPSA) is 20.3 Å². The van der Waals surface area contributed by atoms with E-state index < -0.39 is 18.6 Å². The molecule has 0 aliphatic carbocycles. The molecular weight excluding hydrogens is 339 g/mol. The number of carbonyl (C=O) groups is 1. The lowest BCUT2D eigenvalue weighted by molar-refractivity contribution is -0.140. The zero-order valence-corrected chi connectivity index (χ0v) is 11.6. The second kappa shape index (κ2) is 4.81. The molecule has 94 valence electrons. The van der Waals surface area contributed by atoms with Gasteiger partial charge in [0.25, 0.3) is 5.91 Å². The van der Waals surface area contributed by atoms with Gasteiger partial charge in [-0.3, -0.25) is 4.79 Å². The highest BCUT2D eigenvalue weighted by atomic mass is 79.9. The van der Waals surface area contributed by atoms with E-state index in [0.717, 1.165) is 13.6 Å². The molecule has 1 amide bonds. The summed E-state index contributed by atoms with van der Waals surface area (Å²) in [6.07, 6.45) is -4.35. The van der Waals surface area contributed by atoms with Gasteiger partial charge >= 0.3 is 6.18 Å². The molecule has 1 aromatic rings. The van der Waals surface area contributed by atoms with Crippen LogP contribution >= 0.6 is 39.0 Å². The van der Waals surface area contributed by atoms with E-state index in [9.17, 15) is 18.0 Å². The summed E-state index contributed by atoms with van der Waals surface area (Å²) >= 11 is 5.83. The van der Waals surface area contributed by atoms with Crippen molar-refractivity contribution in [3.63, 3.8) is 0 Å². The van der Waals surface area contributed by atoms with Crippen LogP contribution in [0.2, 0.25) is 0 Å². The van der Waals surface area contributed by atoms with E-state index in [4.69, 9.17) is 0 Å². The van der Waals surface area contributed by atoms with Crippen molar-refractivity contribution in [3.8, 4) is 0 Å². The first-order valence-electron chi connectivity index (χ1n) is 4.65. The predicted octanol–water partition coefficient (Wildman–Crippen LogP) is 3.62. The SMILES string of the molecule is O=C1c2sc(Br)cc2SCCN1CC(F)(F)F. The maximum absolute atomic E-state index is 12.3. The Kier molecular flexibility index (Phi) is 3.74. The minimum atomic E-state index is -4.35. The van der Waals surface area contributed by atoms with Gasteiger partial charge in [-0.05, 0) is 22.0 Å². The van der Waals surface area contributed by atoms with Crippen molar-refractivity contribution < 1.29 is 18.0 Å². The molecule has 0 N–H and O–H groups in total. The standard InChI is InChI=1S/C9H7BrF3NOS2/c10-6-3-5-7(17-6)8(15)14(1-2-16-5)4-9(11,12)13/h3H,1-2,4H2. The molecule has 1 aliphatic heterocycles. The molecule has 0 radical (unpaired) electrons. The van der Waals surface area contributed by atoms with Gasteiger partial charge in [-0.1, -0.05) is 0 Å². The van der Waals surface area contributed by atoms with Crippen molar-refractivity contribution in [2.75, 3.05) is 18.8 Å². The number of thiophene rings is 1. The quantitative estimate of drug-likeness (QED) is 0.774. The first kappa shape index (κ1) is 13.2. The van der Waals surface area contributed by atoms with Gasteiger partial charge in [0.2, 0.25) is 0 Å². The Labute approximate surface area is 112 Å². The van der Waals surface area contributed by atoms with Gasteiger partial charge in [0.05, 0.1) is 3.79 Å². The van der Waals surface area contributed by atoms with Crippen LogP contribution in [-0.4, -0.2) is 35.8 Å². The van der Waals surface area contributed by atoms with Crippen LogP contribution in [0.4, 0.5) is 13.2 Å². The van der Waals surface area contributed by atoms with Crippen molar-refractivity contribution in [2.24, 2.45) is 0 Å². The van der Waals surface area contributed by atoms with Crippen LogP contribution in [-0.2, 0) is 0 Å². The average molecular weight is 346 g/mol. The van der Waals surface area contributed by atoms with Gasteiger partial charge in [0.1, 0.15) is 11.4 Å². The highest BCUT2D eigenvalue weighted by molar-refractivity contribution is 9.11. The first-order valence-corrected chi connectivity index (χ1v) is 7.24. The number of alkyl halides is 3. The minimum Gasteiger partial charge on any atom is -0.328 e. The Morgan fingerprint density at radius 1 is 1.47 bits per heavy atom. The lowest BCUT2D eigenvalue weighted by Crippen LogP contribution is -2.39. The molecule has 0 unspecified atom stereocenters. The van der Waals surface area contributed by atoms with Crippen LogP contribution in [0.1, 0.15) is 9.67 Å². The number of amides is 1. The van der Waals surface area contributed by atoms with Crippen molar-refractivity contribution in [1.82, 2.24) is 4.90 Å². The third kappa shape index (κ3) is 3.17. The zero-order chi connectivity index (χ0) is 12.6. The van der Waals surface area contributed by atoms with Gasteiger partial charge in [0, 0.05) is 17.2 Å². The molecule has 17 heavy (non-hydrogen) atoms. The summed E-state index contributed by atoms with van der Waals surface area (Å²) in [6.45, 7) is -1.05. The highest BCUT2D eigenvalue weighted by Crippen LogP contribution is 2.37. The van der Waals surface area contributed by atoms with Gasteiger partial charge < -0.3 is 4.90 Å². The van der Waals surface area contributed by atoms with E-state index in [1.165, 1.54) is 23.1 Å². The van der Waals surface area contributed by atoms with Crippen molar-refractivity contribution in [2.45, 2.75) is 11.1 Å². The summed E-state index contributed by atoms with van der Waals surface area (Å²) in [6, 6.07) is 1.78. The summed E-state index contributed by atoms with van der Waals surface area (Å²) in [5.74, 6) is -0.0455. The Morgan fingerprint density at radius 3 is 2.82 bits per heavy atom. The second-order valence-corrected chi connectivity index (χ2v) is 7.00. The van der Waals surface area contributed by atoms with E-state index in [2.05, 4.69) is 15.9 Å². The van der Waals surface area contributed by atoms with Crippen molar-refractivity contribution in [1.29, 1.82) is 0 Å². The fourth-order valence-electron chi connectivity index (χ4n) is 1.48. The first-order chi connectivity index (χ1) is 7.87. The Balaban J connectivity index is 2.25. The third-order valence-electron chi connectivity index (χ3n) is 2.14. The largest absolute Gasteiger partial charge is 0.406 e. The molecular formula is C9H7BrF3NOS2. The Morgan fingerprint density at radius 2 is 2.18 bits per heavy atom. The maximum Gasteiger partial charge on any atom is 0.406 e. The molecule has 8 heteroatoms. The van der Waals surface area contributed by atoms with Gasteiger partial charge in [0.15, 0.2) is 0 Å². The van der Waals surface area contributed by atoms with E-state index >= 15 is 0 Å². The van der Waals surface area contributed by atoms with Gasteiger partial charge in [-0.15, -0.1) is 23.1 Å². The Bertz CT molecular complexity index is 446. The number of halogens is 4. The second-order valence-electron chi connectivity index (χ2n) is 3.43. The molecule has 0 bridgehead atoms. The molecule has 2 heterocycles. The van der Waals surface area contributed by atoms with Crippen LogP contribution in [0.5, 0.6) is 0 Å². The molecule has 0 fully saturated rings. The molecule has 1 aromatic heterocycles. The molecule has 0 saturated carbocycles. The predicted molar refractivity (Wildman–Crippen MR) is 64.7 cm³/mol. The number of carbonyl (C=O) groups excluding carboxylic acids is 1. The molecule has 0 saturated heterocycles. The van der Waals surface area contributed by atoms with Gasteiger partial charge in [-0.25, -0.2) is 0 Å². The van der Waals surface area contributed by atoms with E-state index in [1.807, 2.05) is 0 Å². The molecule has 0 spiro atoms. The number of thioether (sulfide) groups is 1. The lowest BCUT2D eigenvalue weighted by Gasteiger charge is -2.21. The summed E-state index contributed by atoms with van der Waals surface area (Å²) in [5.41, 5.74) is 0. The van der Waals surface area contributed by atoms with Crippen molar-refractivity contribution in [3.05, 3.63) is 14.7 Å². The summed E-state index contributed by atoms with van der Waals surface area (Å²) in [5, 5.41) is 0. The number of nitrogens with zero attached hydrogens (tertiary/aromatic N) is 1. The monoisotopic (exact) mass is 345 g/mol. The third-order valence-corrected chi connectivity index (χ3v) is 4.91. The highest BCUT2D eigenvalue weighted by Gasteiger charge is 2.35. The minimum absolute atomic E-state index is 0.127. The number of fused-ring (bicyclic) bond motifs is 1. The van der Waals surface area contributed by atoms with Crippen LogP contribution in [0.3, 0.4) is 0 Å². The molecule has 0 aromatic carbocycles. The summed E-state index contributed by atoms with van der Waals surface area (Å²) in [4.78, 5) is 13.9. The molecule has 2 nitrogen and oxygen atoms in total. The summed E-state index contributed by atoms with van der Waals surface area (Å²) < 4.78 is 37.7. The normalized spacial score (nSPS) is 16.9. The van der Waals surface area contributed by atoms with E-state index in [0.29, 0.717) is 10.6 Å². The number of hydrogen-bond donors (Lipinski definition) is 0.